The lowest BCUT2D eigenvalue weighted by atomic mass is 9.87. The fourth-order valence-corrected chi connectivity index (χ4v) is 6.14. The molecule has 1 aromatic heterocycles. The minimum absolute atomic E-state index is 0.0349. The van der Waals surface area contributed by atoms with Crippen molar-refractivity contribution in [1.82, 2.24) is 14.8 Å². The molecule has 3 heterocycles. The third kappa shape index (κ3) is 5.64. The first-order valence-corrected chi connectivity index (χ1v) is 13.5. The number of anilines is 1. The number of nitrogens with one attached hydrogen (secondary N) is 2. The van der Waals surface area contributed by atoms with E-state index >= 15 is 8.78 Å². The largest absolute Gasteiger partial charge is 0.390 e. The summed E-state index contributed by atoms with van der Waals surface area (Å²) in [5.41, 5.74) is 3.10. The Kier molecular flexibility index (Phi) is 7.90. The van der Waals surface area contributed by atoms with Crippen molar-refractivity contribution in [2.75, 3.05) is 44.8 Å². The smallest absolute Gasteiger partial charge is 0.283 e. The van der Waals surface area contributed by atoms with Gasteiger partial charge in [0.25, 0.3) is 5.92 Å². The van der Waals surface area contributed by atoms with Gasteiger partial charge in [-0.05, 0) is 62.9 Å². The van der Waals surface area contributed by atoms with Crippen LogP contribution in [0.15, 0.2) is 30.3 Å². The van der Waals surface area contributed by atoms with Crippen LogP contribution in [0.25, 0.3) is 10.9 Å². The zero-order valence-electron chi connectivity index (χ0n) is 22.2. The first-order chi connectivity index (χ1) is 18.6. The van der Waals surface area contributed by atoms with Crippen LogP contribution < -0.4 is 5.32 Å². The van der Waals surface area contributed by atoms with Crippen molar-refractivity contribution in [3.05, 3.63) is 64.4 Å². The van der Waals surface area contributed by atoms with Crippen LogP contribution in [0, 0.1) is 18.6 Å². The average molecular weight is 551 g/mol. The summed E-state index contributed by atoms with van der Waals surface area (Å²) in [4.78, 5) is 6.76. The van der Waals surface area contributed by atoms with E-state index < -0.39 is 42.8 Å². The van der Waals surface area contributed by atoms with E-state index in [0.717, 1.165) is 35.0 Å². The molecule has 2 aliphatic rings. The van der Waals surface area contributed by atoms with E-state index in [1.54, 1.807) is 6.92 Å². The van der Waals surface area contributed by atoms with Crippen molar-refractivity contribution in [3.8, 4) is 0 Å². The van der Waals surface area contributed by atoms with Gasteiger partial charge in [-0.25, -0.2) is 17.6 Å². The third-order valence-corrected chi connectivity index (χ3v) is 8.01. The summed E-state index contributed by atoms with van der Waals surface area (Å²) in [5, 5.41) is 13.4. The van der Waals surface area contributed by atoms with Crippen LogP contribution >= 0.6 is 0 Å². The zero-order valence-corrected chi connectivity index (χ0v) is 22.2. The van der Waals surface area contributed by atoms with Crippen LogP contribution in [0.1, 0.15) is 48.2 Å². The molecular weight excluding hydrogens is 515 g/mol. The van der Waals surface area contributed by atoms with Crippen molar-refractivity contribution < 1.29 is 27.1 Å². The van der Waals surface area contributed by atoms with Gasteiger partial charge in [-0.15, -0.1) is 0 Å². The van der Waals surface area contributed by atoms with Crippen molar-refractivity contribution in [2.24, 2.45) is 0 Å². The highest BCUT2D eigenvalue weighted by molar-refractivity contribution is 5.86. The Balaban J connectivity index is 1.52. The number of aliphatic hydroxyl groups is 1. The molecule has 0 spiro atoms. The molecule has 1 fully saturated rings. The minimum Gasteiger partial charge on any atom is -0.390 e. The van der Waals surface area contributed by atoms with E-state index in [1.165, 1.54) is 17.0 Å². The van der Waals surface area contributed by atoms with Crippen LogP contribution in [0.4, 0.5) is 27.6 Å². The second-order valence-corrected chi connectivity index (χ2v) is 11.0. The number of alkyl halides is 3. The molecule has 0 radical (unpaired) electrons. The SMILES string of the molecule is Cc1ccc2[nH]c3c(c2c1)C[C@@H](C)N(CC(F)(F)CO)[C@@H]3c1c(F)cc(NC2CCN(CCCF)C2)cc1F. The normalized spacial score (nSPS) is 22.5. The molecule has 2 aromatic carbocycles. The molecule has 0 aliphatic carbocycles. The van der Waals surface area contributed by atoms with Gasteiger partial charge < -0.3 is 20.3 Å². The molecule has 212 valence electrons. The van der Waals surface area contributed by atoms with Crippen LogP contribution in [0.5, 0.6) is 0 Å². The fourth-order valence-electron chi connectivity index (χ4n) is 6.14. The Morgan fingerprint density at radius 2 is 1.90 bits per heavy atom. The van der Waals surface area contributed by atoms with E-state index in [9.17, 15) is 18.3 Å². The van der Waals surface area contributed by atoms with Gasteiger partial charge in [0.1, 0.15) is 18.2 Å². The number of aliphatic hydroxyl groups excluding tert-OH is 1. The fraction of sp³-hybridized carbons (Fsp3) is 0.517. The molecule has 3 N–H and O–H groups in total. The molecule has 2 aliphatic heterocycles. The molecule has 5 rings (SSSR count). The first-order valence-electron chi connectivity index (χ1n) is 13.5. The zero-order chi connectivity index (χ0) is 27.9. The summed E-state index contributed by atoms with van der Waals surface area (Å²) in [7, 11) is 0. The molecule has 10 heteroatoms. The number of halogens is 5. The van der Waals surface area contributed by atoms with E-state index in [0.29, 0.717) is 31.6 Å². The van der Waals surface area contributed by atoms with Crippen LogP contribution in [0.2, 0.25) is 0 Å². The summed E-state index contributed by atoms with van der Waals surface area (Å²) in [6, 6.07) is 6.60. The summed E-state index contributed by atoms with van der Waals surface area (Å²) in [6.07, 6.45) is 1.63. The van der Waals surface area contributed by atoms with Crippen molar-refractivity contribution >= 4 is 16.6 Å². The number of nitrogens with zero attached hydrogens (tertiary/aromatic N) is 2. The molecular formula is C29H35F5N4O. The van der Waals surface area contributed by atoms with Gasteiger partial charge in [-0.2, -0.15) is 0 Å². The van der Waals surface area contributed by atoms with E-state index in [4.69, 9.17) is 0 Å². The second-order valence-electron chi connectivity index (χ2n) is 11.0. The van der Waals surface area contributed by atoms with Gasteiger partial charge in [-0.3, -0.25) is 9.29 Å². The molecule has 39 heavy (non-hydrogen) atoms. The minimum atomic E-state index is -3.45. The lowest BCUT2D eigenvalue weighted by Gasteiger charge is -2.42. The van der Waals surface area contributed by atoms with Gasteiger partial charge in [-0.1, -0.05) is 11.6 Å². The topological polar surface area (TPSA) is 54.5 Å². The lowest BCUT2D eigenvalue weighted by molar-refractivity contribution is -0.0869. The molecule has 0 bridgehead atoms. The molecule has 3 aromatic rings. The van der Waals surface area contributed by atoms with E-state index in [2.05, 4.69) is 15.2 Å². The molecule has 0 saturated carbocycles. The summed E-state index contributed by atoms with van der Waals surface area (Å²) >= 11 is 0. The number of fused-ring (bicyclic) bond motifs is 3. The maximum absolute atomic E-state index is 15.8. The number of aryl methyl sites for hydroxylation is 1. The molecule has 0 amide bonds. The van der Waals surface area contributed by atoms with E-state index in [1.807, 2.05) is 25.1 Å². The Labute approximate surface area is 225 Å². The quantitative estimate of drug-likeness (QED) is 0.305. The highest BCUT2D eigenvalue weighted by Gasteiger charge is 2.43. The number of hydrogen-bond acceptors (Lipinski definition) is 4. The van der Waals surface area contributed by atoms with Crippen LogP contribution in [0.3, 0.4) is 0 Å². The monoisotopic (exact) mass is 550 g/mol. The number of aromatic nitrogens is 1. The van der Waals surface area contributed by atoms with Gasteiger partial charge in [0, 0.05) is 59.6 Å². The van der Waals surface area contributed by atoms with Gasteiger partial charge >= 0.3 is 0 Å². The predicted molar refractivity (Wildman–Crippen MR) is 142 cm³/mol. The van der Waals surface area contributed by atoms with Crippen LogP contribution in [-0.2, 0) is 6.42 Å². The predicted octanol–water partition coefficient (Wildman–Crippen LogP) is 5.56. The standard InChI is InChI=1S/C29H35F5N4O/c1-17-4-5-25-21(10-17)22-11-18(2)38(15-29(33,34)16-39)28(27(22)36-25)26-23(31)12-20(13-24(26)32)35-19-6-9-37(14-19)8-3-7-30/h4-5,10,12-13,18-19,28,35-36,39H,3,6-9,11,14-16H2,1-2H3/t18-,19?,28-/m1/s1. The number of aromatic amines is 1. The highest BCUT2D eigenvalue weighted by Crippen LogP contribution is 2.44. The maximum atomic E-state index is 15.8. The Morgan fingerprint density at radius 3 is 2.59 bits per heavy atom. The molecule has 3 atom stereocenters. The average Bonchev–Trinajstić information content (AvgIpc) is 3.47. The number of H-pyrrole nitrogens is 1. The summed E-state index contributed by atoms with van der Waals surface area (Å²) in [6.45, 7) is 3.18. The maximum Gasteiger partial charge on any atom is 0.283 e. The molecule has 1 unspecified atom stereocenters. The van der Waals surface area contributed by atoms with Gasteiger partial charge in [0.15, 0.2) is 0 Å². The Hall–Kier alpha value is -2.69. The number of rotatable bonds is 9. The number of hydrogen-bond donors (Lipinski definition) is 3. The van der Waals surface area contributed by atoms with Crippen molar-refractivity contribution in [1.29, 1.82) is 0 Å². The summed E-state index contributed by atoms with van der Waals surface area (Å²) < 4.78 is 73.2. The molecule has 5 nitrogen and oxygen atoms in total. The van der Waals surface area contributed by atoms with E-state index in [-0.39, 0.29) is 24.0 Å². The third-order valence-electron chi connectivity index (χ3n) is 8.01. The second kappa shape index (κ2) is 11.1. The van der Waals surface area contributed by atoms with Gasteiger partial charge in [0.05, 0.1) is 19.3 Å². The first kappa shape index (κ1) is 27.9. The van der Waals surface area contributed by atoms with Crippen molar-refractivity contribution in [2.45, 2.75) is 57.2 Å². The number of benzene rings is 2. The number of likely N-dealkylation sites (tertiary alicyclic amines) is 1. The van der Waals surface area contributed by atoms with Crippen LogP contribution in [-0.4, -0.2) is 77.4 Å². The Morgan fingerprint density at radius 1 is 1.15 bits per heavy atom. The highest BCUT2D eigenvalue weighted by atomic mass is 19.3. The Bertz CT molecular complexity index is 1310. The lowest BCUT2D eigenvalue weighted by Crippen LogP contribution is -2.49. The summed E-state index contributed by atoms with van der Waals surface area (Å²) in [5.74, 6) is -5.11. The molecule has 1 saturated heterocycles. The van der Waals surface area contributed by atoms with Gasteiger partial charge in [0.2, 0.25) is 0 Å². The van der Waals surface area contributed by atoms with Crippen molar-refractivity contribution in [3.63, 3.8) is 0 Å².